The SMILES string of the molecule is Cc1ccc(S(=O)(=O)Nc2ccccc2F)cc1C(=O)NC(C1CC1)C1CC1. The molecule has 2 aliphatic carbocycles. The maximum Gasteiger partial charge on any atom is 0.262 e. The molecular formula is C21H23FN2O3S. The molecule has 0 spiro atoms. The molecule has 2 aromatic rings. The molecule has 148 valence electrons. The zero-order valence-electron chi connectivity index (χ0n) is 15.6. The average Bonchev–Trinajstić information content (AvgIpc) is 3.55. The molecule has 0 aliphatic heterocycles. The standard InChI is InChI=1S/C21H23FN2O3S/c1-13-6-11-16(28(26,27)24-19-5-3-2-4-18(19)22)12-17(13)21(25)23-20(14-7-8-14)15-9-10-15/h2-6,11-12,14-15,20,24H,7-10H2,1H3,(H,23,25). The molecule has 2 saturated carbocycles. The zero-order valence-corrected chi connectivity index (χ0v) is 16.4. The fourth-order valence-corrected chi connectivity index (χ4v) is 4.61. The third-order valence-electron chi connectivity index (χ3n) is 5.44. The van der Waals surface area contributed by atoms with Gasteiger partial charge in [0, 0.05) is 11.6 Å². The largest absolute Gasteiger partial charge is 0.349 e. The number of halogens is 1. The van der Waals surface area contributed by atoms with Crippen molar-refractivity contribution in [3.63, 3.8) is 0 Å². The van der Waals surface area contributed by atoms with Crippen LogP contribution in [0.25, 0.3) is 0 Å². The first-order valence-corrected chi connectivity index (χ1v) is 11.0. The summed E-state index contributed by atoms with van der Waals surface area (Å²) in [6, 6.07) is 10.1. The summed E-state index contributed by atoms with van der Waals surface area (Å²) in [5.74, 6) is 0.190. The molecule has 0 heterocycles. The number of carbonyl (C=O) groups excluding carboxylic acids is 1. The van der Waals surface area contributed by atoms with Gasteiger partial charge in [-0.1, -0.05) is 18.2 Å². The third kappa shape index (κ3) is 4.04. The first kappa shape index (κ1) is 18.9. The van der Waals surface area contributed by atoms with Gasteiger partial charge in [-0.15, -0.1) is 0 Å². The molecule has 2 aromatic carbocycles. The van der Waals surface area contributed by atoms with Gasteiger partial charge < -0.3 is 5.32 Å². The highest BCUT2D eigenvalue weighted by Gasteiger charge is 2.42. The van der Waals surface area contributed by atoms with Crippen molar-refractivity contribution in [2.45, 2.75) is 43.5 Å². The van der Waals surface area contributed by atoms with Gasteiger partial charge in [-0.2, -0.15) is 0 Å². The van der Waals surface area contributed by atoms with E-state index in [4.69, 9.17) is 0 Å². The van der Waals surface area contributed by atoms with E-state index in [0.717, 1.165) is 25.7 Å². The lowest BCUT2D eigenvalue weighted by Crippen LogP contribution is -2.38. The van der Waals surface area contributed by atoms with Crippen LogP contribution in [-0.2, 0) is 10.0 Å². The maximum atomic E-state index is 13.8. The van der Waals surface area contributed by atoms with E-state index in [1.165, 1.54) is 30.3 Å². The van der Waals surface area contributed by atoms with Crippen LogP contribution in [-0.4, -0.2) is 20.4 Å². The minimum Gasteiger partial charge on any atom is -0.349 e. The predicted octanol–water partition coefficient (Wildman–Crippen LogP) is 3.85. The van der Waals surface area contributed by atoms with Gasteiger partial charge in [-0.3, -0.25) is 9.52 Å². The van der Waals surface area contributed by atoms with E-state index >= 15 is 0 Å². The number of nitrogens with one attached hydrogen (secondary N) is 2. The normalized spacial score (nSPS) is 16.8. The number of carbonyl (C=O) groups is 1. The molecule has 28 heavy (non-hydrogen) atoms. The summed E-state index contributed by atoms with van der Waals surface area (Å²) >= 11 is 0. The van der Waals surface area contributed by atoms with Crippen LogP contribution in [0.1, 0.15) is 41.6 Å². The van der Waals surface area contributed by atoms with Crippen molar-refractivity contribution >= 4 is 21.6 Å². The highest BCUT2D eigenvalue weighted by atomic mass is 32.2. The summed E-state index contributed by atoms with van der Waals surface area (Å²) < 4.78 is 41.5. The van der Waals surface area contributed by atoms with Crippen LogP contribution in [0.15, 0.2) is 47.4 Å². The monoisotopic (exact) mass is 402 g/mol. The Morgan fingerprint density at radius 3 is 2.32 bits per heavy atom. The predicted molar refractivity (Wildman–Crippen MR) is 105 cm³/mol. The zero-order chi connectivity index (χ0) is 19.9. The van der Waals surface area contributed by atoms with Gasteiger partial charge in [0.05, 0.1) is 10.6 Å². The van der Waals surface area contributed by atoms with Crippen LogP contribution < -0.4 is 10.0 Å². The molecule has 0 atom stereocenters. The number of hydrogen-bond donors (Lipinski definition) is 2. The van der Waals surface area contributed by atoms with Gasteiger partial charge in [0.25, 0.3) is 15.9 Å². The molecule has 0 saturated heterocycles. The number of benzene rings is 2. The van der Waals surface area contributed by atoms with E-state index in [1.807, 2.05) is 0 Å². The lowest BCUT2D eigenvalue weighted by molar-refractivity contribution is 0.0925. The highest BCUT2D eigenvalue weighted by molar-refractivity contribution is 7.92. The Morgan fingerprint density at radius 1 is 1.07 bits per heavy atom. The number of anilines is 1. The van der Waals surface area contributed by atoms with E-state index in [-0.39, 0.29) is 22.5 Å². The van der Waals surface area contributed by atoms with Crippen molar-refractivity contribution in [1.82, 2.24) is 5.32 Å². The van der Waals surface area contributed by atoms with Crippen LogP contribution in [0.3, 0.4) is 0 Å². The Morgan fingerprint density at radius 2 is 1.71 bits per heavy atom. The Balaban J connectivity index is 1.57. The number of sulfonamides is 1. The van der Waals surface area contributed by atoms with Gasteiger partial charge in [-0.25, -0.2) is 12.8 Å². The number of hydrogen-bond acceptors (Lipinski definition) is 3. The minimum atomic E-state index is -4.02. The van der Waals surface area contributed by atoms with E-state index in [9.17, 15) is 17.6 Å². The van der Waals surface area contributed by atoms with Crippen LogP contribution in [0.5, 0.6) is 0 Å². The Bertz CT molecular complexity index is 1000. The molecule has 2 aliphatic rings. The van der Waals surface area contributed by atoms with E-state index in [2.05, 4.69) is 10.0 Å². The fourth-order valence-electron chi connectivity index (χ4n) is 3.52. The van der Waals surface area contributed by atoms with Crippen molar-refractivity contribution in [3.8, 4) is 0 Å². The molecule has 2 N–H and O–H groups in total. The molecule has 0 aromatic heterocycles. The van der Waals surface area contributed by atoms with E-state index in [0.29, 0.717) is 23.0 Å². The quantitative estimate of drug-likeness (QED) is 0.739. The Labute approximate surface area is 164 Å². The number of para-hydroxylation sites is 1. The summed E-state index contributed by atoms with van der Waals surface area (Å²) in [6.07, 6.45) is 4.56. The fraction of sp³-hybridized carbons (Fsp3) is 0.381. The van der Waals surface area contributed by atoms with Crippen LogP contribution in [0, 0.1) is 24.6 Å². The summed E-state index contributed by atoms with van der Waals surface area (Å²) in [5, 5.41) is 3.12. The molecule has 2 fully saturated rings. The molecule has 4 rings (SSSR count). The van der Waals surface area contributed by atoms with Gasteiger partial charge in [0.2, 0.25) is 0 Å². The van der Waals surface area contributed by atoms with Gasteiger partial charge in [0.15, 0.2) is 0 Å². The topological polar surface area (TPSA) is 75.3 Å². The van der Waals surface area contributed by atoms with Crippen LogP contribution in [0.2, 0.25) is 0 Å². The average molecular weight is 402 g/mol. The minimum absolute atomic E-state index is 0.0686. The lowest BCUT2D eigenvalue weighted by atomic mass is 10.0. The van der Waals surface area contributed by atoms with Gasteiger partial charge in [-0.05, 0) is 74.3 Å². The Kier molecular flexibility index (Phi) is 4.87. The van der Waals surface area contributed by atoms with Crippen LogP contribution >= 0.6 is 0 Å². The molecular weight excluding hydrogens is 379 g/mol. The number of amides is 1. The second kappa shape index (κ2) is 7.20. The van der Waals surface area contributed by atoms with Crippen molar-refractivity contribution < 1.29 is 17.6 Å². The molecule has 0 unspecified atom stereocenters. The maximum absolute atomic E-state index is 13.8. The first-order valence-electron chi connectivity index (χ1n) is 9.54. The van der Waals surface area contributed by atoms with Crippen molar-refractivity contribution in [1.29, 1.82) is 0 Å². The van der Waals surface area contributed by atoms with E-state index < -0.39 is 15.8 Å². The van der Waals surface area contributed by atoms with E-state index in [1.54, 1.807) is 19.1 Å². The molecule has 7 heteroatoms. The lowest BCUT2D eigenvalue weighted by Gasteiger charge is -2.19. The smallest absolute Gasteiger partial charge is 0.262 e. The molecule has 0 radical (unpaired) electrons. The third-order valence-corrected chi connectivity index (χ3v) is 6.80. The van der Waals surface area contributed by atoms with Crippen molar-refractivity contribution in [2.75, 3.05) is 4.72 Å². The second-order valence-corrected chi connectivity index (χ2v) is 9.42. The number of aryl methyl sites for hydroxylation is 1. The first-order chi connectivity index (χ1) is 13.3. The summed E-state index contributed by atoms with van der Waals surface area (Å²) in [6.45, 7) is 1.78. The van der Waals surface area contributed by atoms with Crippen molar-refractivity contribution in [2.24, 2.45) is 11.8 Å². The highest BCUT2D eigenvalue weighted by Crippen LogP contribution is 2.44. The second-order valence-electron chi connectivity index (χ2n) is 7.74. The number of rotatable bonds is 7. The molecule has 5 nitrogen and oxygen atoms in total. The summed E-state index contributed by atoms with van der Waals surface area (Å²) in [4.78, 5) is 12.8. The van der Waals surface area contributed by atoms with Crippen molar-refractivity contribution in [3.05, 3.63) is 59.4 Å². The Hall–Kier alpha value is -2.41. The summed E-state index contributed by atoms with van der Waals surface area (Å²) in [7, 11) is -4.02. The van der Waals surface area contributed by atoms with Gasteiger partial charge >= 0.3 is 0 Å². The van der Waals surface area contributed by atoms with Gasteiger partial charge in [0.1, 0.15) is 5.82 Å². The van der Waals surface area contributed by atoms with Crippen LogP contribution in [0.4, 0.5) is 10.1 Å². The molecule has 1 amide bonds. The molecule has 0 bridgehead atoms. The summed E-state index contributed by atoms with van der Waals surface area (Å²) in [5.41, 5.74) is 0.909.